The summed E-state index contributed by atoms with van der Waals surface area (Å²) in [4.78, 5) is 0. The summed E-state index contributed by atoms with van der Waals surface area (Å²) in [6.45, 7) is 8.33. The molecule has 2 rings (SSSR count). The van der Waals surface area contributed by atoms with Crippen molar-refractivity contribution in [3.8, 4) is 5.75 Å². The fraction of sp³-hybridized carbons (Fsp3) is 0.438. The van der Waals surface area contributed by atoms with Gasteiger partial charge in [-0.05, 0) is 45.4 Å². The third kappa shape index (κ3) is 3.39. The Morgan fingerprint density at radius 3 is 2.60 bits per heavy atom. The molecule has 0 fully saturated rings. The van der Waals surface area contributed by atoms with Crippen LogP contribution in [0.3, 0.4) is 0 Å². The molecule has 1 unspecified atom stereocenters. The van der Waals surface area contributed by atoms with Gasteiger partial charge in [-0.3, -0.25) is 4.68 Å². The monoisotopic (exact) mass is 274 g/mol. The summed E-state index contributed by atoms with van der Waals surface area (Å²) < 4.78 is 7.73. The van der Waals surface area contributed by atoms with Gasteiger partial charge in [0.05, 0.1) is 11.8 Å². The molecule has 108 valence electrons. The Morgan fingerprint density at radius 2 is 2.00 bits per heavy atom. The number of hydrogen-bond donors (Lipinski definition) is 1. The van der Waals surface area contributed by atoms with Crippen LogP contribution in [0.25, 0.3) is 0 Å². The van der Waals surface area contributed by atoms with Crippen molar-refractivity contribution in [2.45, 2.75) is 46.4 Å². The fourth-order valence-electron chi connectivity index (χ4n) is 2.01. The SMILES string of the molecule is Cc1ccc(C(C)O)c(OCc2ccn(C(C)C)n2)c1. The summed E-state index contributed by atoms with van der Waals surface area (Å²) in [5.74, 6) is 0.721. The zero-order valence-corrected chi connectivity index (χ0v) is 12.5. The summed E-state index contributed by atoms with van der Waals surface area (Å²) in [5, 5.41) is 14.2. The fourth-order valence-corrected chi connectivity index (χ4v) is 2.01. The second-order valence-electron chi connectivity index (χ2n) is 5.39. The third-order valence-corrected chi connectivity index (χ3v) is 3.19. The lowest BCUT2D eigenvalue weighted by Gasteiger charge is -2.13. The molecule has 2 aromatic rings. The molecule has 0 spiro atoms. The molecule has 1 aromatic heterocycles. The molecule has 4 nitrogen and oxygen atoms in total. The molecule has 1 heterocycles. The van der Waals surface area contributed by atoms with E-state index in [0.717, 1.165) is 22.6 Å². The molecule has 1 N–H and O–H groups in total. The van der Waals surface area contributed by atoms with E-state index < -0.39 is 6.10 Å². The van der Waals surface area contributed by atoms with Crippen molar-refractivity contribution in [1.82, 2.24) is 9.78 Å². The lowest BCUT2D eigenvalue weighted by molar-refractivity contribution is 0.189. The average molecular weight is 274 g/mol. The van der Waals surface area contributed by atoms with E-state index in [1.54, 1.807) is 6.92 Å². The Kier molecular flexibility index (Phi) is 4.45. The van der Waals surface area contributed by atoms with Crippen LogP contribution in [0.1, 0.15) is 49.7 Å². The van der Waals surface area contributed by atoms with Crippen LogP contribution in [0.5, 0.6) is 5.75 Å². The van der Waals surface area contributed by atoms with E-state index in [0.29, 0.717) is 12.6 Å². The number of rotatable bonds is 5. The van der Waals surface area contributed by atoms with E-state index in [4.69, 9.17) is 4.74 Å². The first-order valence-corrected chi connectivity index (χ1v) is 6.93. The van der Waals surface area contributed by atoms with Gasteiger partial charge in [0.25, 0.3) is 0 Å². The summed E-state index contributed by atoms with van der Waals surface area (Å²) in [7, 11) is 0. The Labute approximate surface area is 120 Å². The first-order valence-electron chi connectivity index (χ1n) is 6.93. The Balaban J connectivity index is 2.11. The number of aliphatic hydroxyl groups is 1. The predicted octanol–water partition coefficient (Wildman–Crippen LogP) is 3.40. The average Bonchev–Trinajstić information content (AvgIpc) is 2.85. The normalized spacial score (nSPS) is 12.7. The largest absolute Gasteiger partial charge is 0.487 e. The minimum Gasteiger partial charge on any atom is -0.487 e. The molecule has 0 saturated carbocycles. The standard InChI is InChI=1S/C16H22N2O2/c1-11(2)18-8-7-14(17-18)10-20-16-9-12(3)5-6-15(16)13(4)19/h5-9,11,13,19H,10H2,1-4H3. The minimum absolute atomic E-state index is 0.343. The second-order valence-corrected chi connectivity index (χ2v) is 5.39. The highest BCUT2D eigenvalue weighted by Crippen LogP contribution is 2.26. The summed E-state index contributed by atoms with van der Waals surface area (Å²) >= 11 is 0. The number of benzene rings is 1. The summed E-state index contributed by atoms with van der Waals surface area (Å²) in [6.07, 6.45) is 1.41. The van der Waals surface area contributed by atoms with E-state index in [1.807, 2.05) is 42.1 Å². The Bertz CT molecular complexity index is 574. The molecule has 1 aromatic carbocycles. The maximum Gasteiger partial charge on any atom is 0.132 e. The molecule has 20 heavy (non-hydrogen) atoms. The highest BCUT2D eigenvalue weighted by Gasteiger charge is 2.10. The smallest absolute Gasteiger partial charge is 0.132 e. The molecule has 0 bridgehead atoms. The van der Waals surface area contributed by atoms with E-state index >= 15 is 0 Å². The van der Waals surface area contributed by atoms with Gasteiger partial charge in [-0.1, -0.05) is 12.1 Å². The van der Waals surface area contributed by atoms with Gasteiger partial charge in [-0.15, -0.1) is 0 Å². The number of aromatic nitrogens is 2. The number of nitrogens with zero attached hydrogens (tertiary/aromatic N) is 2. The van der Waals surface area contributed by atoms with Crippen LogP contribution in [0.15, 0.2) is 30.5 Å². The van der Waals surface area contributed by atoms with E-state index in [1.165, 1.54) is 0 Å². The zero-order chi connectivity index (χ0) is 14.7. The van der Waals surface area contributed by atoms with Gasteiger partial charge in [0.2, 0.25) is 0 Å². The van der Waals surface area contributed by atoms with Crippen molar-refractivity contribution in [2.24, 2.45) is 0 Å². The topological polar surface area (TPSA) is 47.3 Å². The number of ether oxygens (including phenoxy) is 1. The highest BCUT2D eigenvalue weighted by atomic mass is 16.5. The van der Waals surface area contributed by atoms with Crippen LogP contribution >= 0.6 is 0 Å². The maximum absolute atomic E-state index is 9.77. The van der Waals surface area contributed by atoms with Crippen LogP contribution in [0.2, 0.25) is 0 Å². The first-order chi connectivity index (χ1) is 9.47. The van der Waals surface area contributed by atoms with Gasteiger partial charge in [0, 0.05) is 17.8 Å². The second kappa shape index (κ2) is 6.09. The predicted molar refractivity (Wildman–Crippen MR) is 78.8 cm³/mol. The molecule has 4 heteroatoms. The highest BCUT2D eigenvalue weighted by molar-refractivity contribution is 5.38. The molecule has 0 aliphatic carbocycles. The number of aliphatic hydroxyl groups excluding tert-OH is 1. The minimum atomic E-state index is -0.543. The number of hydrogen-bond acceptors (Lipinski definition) is 3. The zero-order valence-electron chi connectivity index (χ0n) is 12.5. The first kappa shape index (κ1) is 14.6. The molecule has 0 saturated heterocycles. The van der Waals surface area contributed by atoms with Crippen molar-refractivity contribution in [2.75, 3.05) is 0 Å². The van der Waals surface area contributed by atoms with Crippen LogP contribution < -0.4 is 4.74 Å². The lowest BCUT2D eigenvalue weighted by Crippen LogP contribution is -2.05. The molecule has 0 aliphatic heterocycles. The van der Waals surface area contributed by atoms with Gasteiger partial charge in [0.15, 0.2) is 0 Å². The van der Waals surface area contributed by atoms with Crippen LogP contribution in [-0.2, 0) is 6.61 Å². The van der Waals surface area contributed by atoms with Crippen LogP contribution in [0.4, 0.5) is 0 Å². The quantitative estimate of drug-likeness (QED) is 0.909. The van der Waals surface area contributed by atoms with Gasteiger partial charge in [0.1, 0.15) is 12.4 Å². The van der Waals surface area contributed by atoms with Gasteiger partial charge < -0.3 is 9.84 Å². The Hall–Kier alpha value is -1.81. The summed E-state index contributed by atoms with van der Waals surface area (Å²) in [6, 6.07) is 8.12. The lowest BCUT2D eigenvalue weighted by atomic mass is 10.1. The molecular formula is C16H22N2O2. The van der Waals surface area contributed by atoms with Crippen molar-refractivity contribution in [3.63, 3.8) is 0 Å². The van der Waals surface area contributed by atoms with Gasteiger partial charge in [-0.25, -0.2) is 0 Å². The molecule has 0 aliphatic rings. The van der Waals surface area contributed by atoms with Crippen molar-refractivity contribution >= 4 is 0 Å². The molecular weight excluding hydrogens is 252 g/mol. The molecule has 1 atom stereocenters. The van der Waals surface area contributed by atoms with Gasteiger partial charge >= 0.3 is 0 Å². The van der Waals surface area contributed by atoms with Crippen LogP contribution in [-0.4, -0.2) is 14.9 Å². The molecule has 0 amide bonds. The van der Waals surface area contributed by atoms with E-state index in [2.05, 4.69) is 18.9 Å². The third-order valence-electron chi connectivity index (χ3n) is 3.19. The van der Waals surface area contributed by atoms with Crippen molar-refractivity contribution in [1.29, 1.82) is 0 Å². The number of aryl methyl sites for hydroxylation is 1. The van der Waals surface area contributed by atoms with Crippen molar-refractivity contribution in [3.05, 3.63) is 47.3 Å². The van der Waals surface area contributed by atoms with Gasteiger partial charge in [-0.2, -0.15) is 5.10 Å². The van der Waals surface area contributed by atoms with E-state index in [-0.39, 0.29) is 0 Å². The molecule has 0 radical (unpaired) electrons. The van der Waals surface area contributed by atoms with Crippen molar-refractivity contribution < 1.29 is 9.84 Å². The van der Waals surface area contributed by atoms with Crippen LogP contribution in [0, 0.1) is 6.92 Å². The Morgan fingerprint density at radius 1 is 1.25 bits per heavy atom. The maximum atomic E-state index is 9.77. The van der Waals surface area contributed by atoms with E-state index in [9.17, 15) is 5.11 Å². The summed E-state index contributed by atoms with van der Waals surface area (Å²) in [5.41, 5.74) is 2.80.